The Labute approximate surface area is 172 Å². The molecule has 0 saturated carbocycles. The van der Waals surface area contributed by atoms with Gasteiger partial charge in [-0.2, -0.15) is 0 Å². The predicted octanol–water partition coefficient (Wildman–Crippen LogP) is 4.70. The van der Waals surface area contributed by atoms with E-state index in [2.05, 4.69) is 26.1 Å². The van der Waals surface area contributed by atoms with Gasteiger partial charge in [-0.1, -0.05) is 40.2 Å². The molecule has 3 aromatic carbocycles. The fraction of sp³-hybridized carbons (Fsp3) is 0.227. The lowest BCUT2D eigenvalue weighted by Gasteiger charge is -2.30. The Morgan fingerprint density at radius 2 is 1.82 bits per heavy atom. The van der Waals surface area contributed by atoms with Gasteiger partial charge in [0.2, 0.25) is 0 Å². The normalized spacial score (nSPS) is 14.1. The van der Waals surface area contributed by atoms with Crippen LogP contribution in [0.25, 0.3) is 10.8 Å². The van der Waals surface area contributed by atoms with Crippen molar-refractivity contribution in [3.8, 4) is 5.75 Å². The first-order valence-corrected chi connectivity index (χ1v) is 9.96. The van der Waals surface area contributed by atoms with Crippen molar-refractivity contribution in [3.63, 3.8) is 0 Å². The van der Waals surface area contributed by atoms with E-state index in [1.165, 1.54) is 0 Å². The second-order valence-electron chi connectivity index (χ2n) is 6.58. The monoisotopic (exact) mass is 440 g/mol. The number of carbonyl (C=O) groups excluding carboxylic acids is 1. The van der Waals surface area contributed by atoms with Crippen LogP contribution in [-0.4, -0.2) is 39.3 Å². The maximum Gasteiger partial charge on any atom is 0.256 e. The van der Waals surface area contributed by atoms with E-state index in [9.17, 15) is 4.79 Å². The smallest absolute Gasteiger partial charge is 0.256 e. The summed E-state index contributed by atoms with van der Waals surface area (Å²) in [6, 6.07) is 17.4. The number of hydrogen-bond donors (Lipinski definition) is 1. The molecule has 3 aromatic rings. The summed E-state index contributed by atoms with van der Waals surface area (Å²) in [7, 11) is 1.62. The number of morpholine rings is 1. The number of amides is 1. The minimum absolute atomic E-state index is 0.147. The van der Waals surface area contributed by atoms with Crippen LogP contribution in [0.1, 0.15) is 10.4 Å². The number of benzene rings is 3. The highest BCUT2D eigenvalue weighted by Gasteiger charge is 2.18. The van der Waals surface area contributed by atoms with E-state index in [1.54, 1.807) is 7.11 Å². The molecule has 1 heterocycles. The van der Waals surface area contributed by atoms with Crippen LogP contribution in [0.15, 0.2) is 59.1 Å². The van der Waals surface area contributed by atoms with Crippen molar-refractivity contribution in [2.24, 2.45) is 0 Å². The Morgan fingerprint density at radius 1 is 1.07 bits per heavy atom. The molecule has 1 saturated heterocycles. The number of rotatable bonds is 4. The summed E-state index contributed by atoms with van der Waals surface area (Å²) < 4.78 is 11.8. The molecule has 1 fully saturated rings. The maximum absolute atomic E-state index is 13.2. The molecule has 6 heteroatoms. The van der Waals surface area contributed by atoms with E-state index in [4.69, 9.17) is 9.47 Å². The molecular formula is C22H21BrN2O3. The molecule has 0 aromatic heterocycles. The molecule has 0 bridgehead atoms. The van der Waals surface area contributed by atoms with Gasteiger partial charge in [-0.15, -0.1) is 0 Å². The lowest BCUT2D eigenvalue weighted by atomic mass is 10.0. The summed E-state index contributed by atoms with van der Waals surface area (Å²) in [5.74, 6) is 0.555. The highest BCUT2D eigenvalue weighted by molar-refractivity contribution is 9.10. The Hall–Kier alpha value is -2.57. The Kier molecular flexibility index (Phi) is 5.50. The number of nitrogens with zero attached hydrogens (tertiary/aromatic N) is 1. The second-order valence-corrected chi connectivity index (χ2v) is 7.43. The number of methoxy groups -OCH3 is 1. The highest BCUT2D eigenvalue weighted by Crippen LogP contribution is 2.32. The Morgan fingerprint density at radius 3 is 2.61 bits per heavy atom. The molecule has 0 spiro atoms. The van der Waals surface area contributed by atoms with Crippen LogP contribution in [0, 0.1) is 0 Å². The quantitative estimate of drug-likeness (QED) is 0.638. The van der Waals surface area contributed by atoms with Gasteiger partial charge in [0.05, 0.1) is 31.7 Å². The average molecular weight is 441 g/mol. The van der Waals surface area contributed by atoms with Crippen molar-refractivity contribution in [1.82, 2.24) is 0 Å². The minimum atomic E-state index is -0.147. The molecule has 144 valence electrons. The number of ether oxygens (including phenoxy) is 2. The number of halogens is 1. The third-order valence-electron chi connectivity index (χ3n) is 4.92. The predicted molar refractivity (Wildman–Crippen MR) is 116 cm³/mol. The zero-order valence-electron chi connectivity index (χ0n) is 15.6. The molecule has 1 aliphatic heterocycles. The number of fused-ring (bicyclic) bond motifs is 1. The maximum atomic E-state index is 13.2. The van der Waals surface area contributed by atoms with Crippen molar-refractivity contribution in [1.29, 1.82) is 0 Å². The fourth-order valence-corrected chi connectivity index (χ4v) is 3.98. The molecule has 0 radical (unpaired) electrons. The lowest BCUT2D eigenvalue weighted by molar-refractivity contribution is 0.102. The van der Waals surface area contributed by atoms with Gasteiger partial charge < -0.3 is 19.7 Å². The van der Waals surface area contributed by atoms with Gasteiger partial charge >= 0.3 is 0 Å². The summed E-state index contributed by atoms with van der Waals surface area (Å²) in [4.78, 5) is 15.4. The van der Waals surface area contributed by atoms with E-state index >= 15 is 0 Å². The summed E-state index contributed by atoms with van der Waals surface area (Å²) in [6.45, 7) is 2.93. The van der Waals surface area contributed by atoms with Crippen LogP contribution in [0.2, 0.25) is 0 Å². The number of anilines is 2. The zero-order valence-corrected chi connectivity index (χ0v) is 17.2. The first-order valence-electron chi connectivity index (χ1n) is 9.16. The number of carbonyl (C=O) groups is 1. The molecule has 1 aliphatic rings. The van der Waals surface area contributed by atoms with Gasteiger partial charge in [-0.25, -0.2) is 0 Å². The van der Waals surface area contributed by atoms with Crippen LogP contribution in [0.5, 0.6) is 5.75 Å². The standard InChI is InChI=1S/C22H21BrN2O3/c1-27-15-8-9-21(25-10-12-28-13-11-25)20(14-15)24-22(26)18-6-2-5-17-16(18)4-3-7-19(17)23/h2-9,14H,10-13H2,1H3,(H,24,26). The molecule has 1 amide bonds. The van der Waals surface area contributed by atoms with E-state index in [0.29, 0.717) is 24.5 Å². The average Bonchev–Trinajstić information content (AvgIpc) is 2.74. The highest BCUT2D eigenvalue weighted by atomic mass is 79.9. The second kappa shape index (κ2) is 8.20. The molecule has 28 heavy (non-hydrogen) atoms. The third-order valence-corrected chi connectivity index (χ3v) is 5.61. The van der Waals surface area contributed by atoms with Crippen LogP contribution in [0.3, 0.4) is 0 Å². The van der Waals surface area contributed by atoms with Crippen molar-refractivity contribution in [2.45, 2.75) is 0 Å². The molecule has 0 unspecified atom stereocenters. The van der Waals surface area contributed by atoms with Crippen molar-refractivity contribution >= 4 is 44.0 Å². The van der Waals surface area contributed by atoms with Gasteiger partial charge in [0.1, 0.15) is 5.75 Å². The largest absolute Gasteiger partial charge is 0.497 e. The zero-order chi connectivity index (χ0) is 19.5. The van der Waals surface area contributed by atoms with Crippen LogP contribution < -0.4 is 15.0 Å². The first-order chi connectivity index (χ1) is 13.7. The van der Waals surface area contributed by atoms with Crippen molar-refractivity contribution in [3.05, 3.63) is 64.6 Å². The fourth-order valence-electron chi connectivity index (χ4n) is 3.48. The molecule has 5 nitrogen and oxygen atoms in total. The van der Waals surface area contributed by atoms with Crippen LogP contribution in [0.4, 0.5) is 11.4 Å². The SMILES string of the molecule is COc1ccc(N2CCOCC2)c(NC(=O)c2cccc3c(Br)cccc23)c1. The summed E-state index contributed by atoms with van der Waals surface area (Å²) >= 11 is 3.56. The van der Waals surface area contributed by atoms with Crippen LogP contribution >= 0.6 is 15.9 Å². The van der Waals surface area contributed by atoms with E-state index in [1.807, 2.05) is 54.6 Å². The van der Waals surface area contributed by atoms with E-state index in [-0.39, 0.29) is 5.91 Å². The lowest BCUT2D eigenvalue weighted by Crippen LogP contribution is -2.36. The number of hydrogen-bond acceptors (Lipinski definition) is 4. The van der Waals surface area contributed by atoms with Gasteiger partial charge in [0, 0.05) is 29.2 Å². The topological polar surface area (TPSA) is 50.8 Å². The van der Waals surface area contributed by atoms with E-state index < -0.39 is 0 Å². The van der Waals surface area contributed by atoms with Gasteiger partial charge in [-0.05, 0) is 35.0 Å². The molecule has 0 atom stereocenters. The summed E-state index contributed by atoms with van der Waals surface area (Å²) in [6.07, 6.45) is 0. The van der Waals surface area contributed by atoms with Crippen molar-refractivity contribution < 1.29 is 14.3 Å². The van der Waals surface area contributed by atoms with Gasteiger partial charge in [-0.3, -0.25) is 4.79 Å². The Bertz CT molecular complexity index is 1020. The molecular weight excluding hydrogens is 420 g/mol. The van der Waals surface area contributed by atoms with Gasteiger partial charge in [0.15, 0.2) is 0 Å². The summed E-state index contributed by atoms with van der Waals surface area (Å²) in [5.41, 5.74) is 2.34. The summed E-state index contributed by atoms with van der Waals surface area (Å²) in [5, 5.41) is 5.01. The first kappa shape index (κ1) is 18.8. The van der Waals surface area contributed by atoms with Crippen LogP contribution in [-0.2, 0) is 4.74 Å². The number of nitrogens with one attached hydrogen (secondary N) is 1. The third kappa shape index (κ3) is 3.70. The van der Waals surface area contributed by atoms with E-state index in [0.717, 1.165) is 39.7 Å². The molecule has 1 N–H and O–H groups in total. The van der Waals surface area contributed by atoms with Gasteiger partial charge in [0.25, 0.3) is 5.91 Å². The minimum Gasteiger partial charge on any atom is -0.497 e. The Balaban J connectivity index is 1.70. The molecule has 0 aliphatic carbocycles. The molecule has 4 rings (SSSR count). The van der Waals surface area contributed by atoms with Crippen molar-refractivity contribution in [2.75, 3.05) is 43.6 Å².